The van der Waals surface area contributed by atoms with E-state index in [0.717, 1.165) is 61.6 Å². The first kappa shape index (κ1) is 17.3. The molecule has 1 N–H and O–H groups in total. The van der Waals surface area contributed by atoms with Crippen molar-refractivity contribution < 1.29 is 4.42 Å². The first-order valence-electron chi connectivity index (χ1n) is 8.92. The molecular weight excluding hydrogens is 314 g/mol. The van der Waals surface area contributed by atoms with Crippen LogP contribution < -0.4 is 10.2 Å². The van der Waals surface area contributed by atoms with Gasteiger partial charge in [0.2, 0.25) is 0 Å². The van der Waals surface area contributed by atoms with Crippen LogP contribution in [0.1, 0.15) is 24.0 Å². The summed E-state index contributed by atoms with van der Waals surface area (Å²) in [6, 6.07) is 8.13. The Morgan fingerprint density at radius 3 is 2.64 bits per heavy atom. The van der Waals surface area contributed by atoms with Crippen molar-refractivity contribution >= 4 is 11.8 Å². The fourth-order valence-electron chi connectivity index (χ4n) is 3.11. The Labute approximate surface area is 149 Å². The summed E-state index contributed by atoms with van der Waals surface area (Å²) in [5.74, 6) is 3.92. The fraction of sp³-hybridized carbons (Fsp3) is 0.474. The zero-order valence-corrected chi connectivity index (χ0v) is 15.3. The van der Waals surface area contributed by atoms with Gasteiger partial charge in [-0.05, 0) is 39.0 Å². The second-order valence-corrected chi connectivity index (χ2v) is 6.27. The summed E-state index contributed by atoms with van der Waals surface area (Å²) in [5.41, 5.74) is 1.15. The van der Waals surface area contributed by atoms with Crippen LogP contribution in [-0.4, -0.2) is 48.6 Å². The number of hydrogen-bond acceptors (Lipinski definition) is 4. The molecule has 6 nitrogen and oxygen atoms in total. The lowest BCUT2D eigenvalue weighted by atomic mass is 10.2. The normalized spacial score (nSPS) is 15.6. The highest BCUT2D eigenvalue weighted by atomic mass is 16.3. The van der Waals surface area contributed by atoms with Gasteiger partial charge in [0.15, 0.2) is 5.96 Å². The van der Waals surface area contributed by atoms with Crippen LogP contribution in [0.3, 0.4) is 0 Å². The van der Waals surface area contributed by atoms with Crippen molar-refractivity contribution in [2.24, 2.45) is 4.99 Å². The van der Waals surface area contributed by atoms with Crippen molar-refractivity contribution in [3.8, 4) is 0 Å². The Kier molecular flexibility index (Phi) is 5.58. The second-order valence-electron chi connectivity index (χ2n) is 6.27. The molecule has 3 heterocycles. The van der Waals surface area contributed by atoms with Gasteiger partial charge in [-0.1, -0.05) is 6.07 Å². The van der Waals surface area contributed by atoms with Gasteiger partial charge in [-0.25, -0.2) is 9.98 Å². The molecule has 0 amide bonds. The van der Waals surface area contributed by atoms with E-state index < -0.39 is 0 Å². The molecule has 0 atom stereocenters. The smallest absolute Gasteiger partial charge is 0.194 e. The van der Waals surface area contributed by atoms with Gasteiger partial charge in [0, 0.05) is 44.5 Å². The summed E-state index contributed by atoms with van der Waals surface area (Å²) in [6.07, 6.45) is 1.85. The summed E-state index contributed by atoms with van der Waals surface area (Å²) in [4.78, 5) is 13.9. The first-order chi connectivity index (χ1) is 12.2. The molecule has 2 aromatic heterocycles. The summed E-state index contributed by atoms with van der Waals surface area (Å²) >= 11 is 0. The van der Waals surface area contributed by atoms with Crippen LogP contribution in [0.25, 0.3) is 0 Å². The maximum atomic E-state index is 5.60. The summed E-state index contributed by atoms with van der Waals surface area (Å²) in [6.45, 7) is 11.4. The number of pyridine rings is 1. The van der Waals surface area contributed by atoms with Gasteiger partial charge >= 0.3 is 0 Å². The molecule has 6 heteroatoms. The van der Waals surface area contributed by atoms with Gasteiger partial charge in [0.25, 0.3) is 0 Å². The number of aromatic nitrogens is 1. The third-order valence-electron chi connectivity index (χ3n) is 4.43. The van der Waals surface area contributed by atoms with Crippen LogP contribution in [-0.2, 0) is 6.54 Å². The zero-order valence-electron chi connectivity index (χ0n) is 15.3. The topological polar surface area (TPSA) is 56.9 Å². The minimum absolute atomic E-state index is 0.645. The largest absolute Gasteiger partial charge is 0.466 e. The molecule has 2 aromatic rings. The van der Waals surface area contributed by atoms with Gasteiger partial charge in [-0.2, -0.15) is 0 Å². The van der Waals surface area contributed by atoms with Crippen LogP contribution in [0.15, 0.2) is 39.9 Å². The van der Waals surface area contributed by atoms with Crippen molar-refractivity contribution in [2.45, 2.75) is 27.3 Å². The Morgan fingerprint density at radius 1 is 1.24 bits per heavy atom. The van der Waals surface area contributed by atoms with E-state index in [2.05, 4.69) is 39.2 Å². The van der Waals surface area contributed by atoms with E-state index in [1.54, 1.807) is 0 Å². The first-order valence-corrected chi connectivity index (χ1v) is 8.92. The van der Waals surface area contributed by atoms with E-state index in [1.807, 2.05) is 32.2 Å². The Bertz CT molecular complexity index is 702. The molecule has 1 saturated heterocycles. The molecule has 0 bridgehead atoms. The molecule has 0 aromatic carbocycles. The maximum absolute atomic E-state index is 5.60. The molecule has 0 unspecified atom stereocenters. The average molecular weight is 341 g/mol. The highest BCUT2D eigenvalue weighted by Crippen LogP contribution is 2.16. The molecular formula is C19H27N5O. The SMILES string of the molecule is CCNC(=NCc1cc(C)oc1C)N1CCN(c2ccccn2)CC1. The van der Waals surface area contributed by atoms with E-state index >= 15 is 0 Å². The Balaban J connectivity index is 1.63. The minimum Gasteiger partial charge on any atom is -0.466 e. The zero-order chi connectivity index (χ0) is 17.6. The number of aryl methyl sites for hydroxylation is 2. The van der Waals surface area contributed by atoms with E-state index in [1.165, 1.54) is 0 Å². The van der Waals surface area contributed by atoms with Crippen LogP contribution >= 0.6 is 0 Å². The van der Waals surface area contributed by atoms with Crippen molar-refractivity contribution in [3.05, 3.63) is 47.5 Å². The number of furan rings is 1. The lowest BCUT2D eigenvalue weighted by molar-refractivity contribution is 0.371. The molecule has 0 saturated carbocycles. The van der Waals surface area contributed by atoms with Crippen molar-refractivity contribution in [1.82, 2.24) is 15.2 Å². The predicted molar refractivity (Wildman–Crippen MR) is 101 cm³/mol. The molecule has 0 aliphatic carbocycles. The predicted octanol–water partition coefficient (Wildman–Crippen LogP) is 2.58. The molecule has 134 valence electrons. The van der Waals surface area contributed by atoms with Gasteiger partial charge in [-0.3, -0.25) is 0 Å². The molecule has 1 aliphatic heterocycles. The van der Waals surface area contributed by atoms with Crippen molar-refractivity contribution in [3.63, 3.8) is 0 Å². The maximum Gasteiger partial charge on any atom is 0.194 e. The number of anilines is 1. The van der Waals surface area contributed by atoms with E-state index in [0.29, 0.717) is 6.54 Å². The third-order valence-corrected chi connectivity index (χ3v) is 4.43. The summed E-state index contributed by atoms with van der Waals surface area (Å²) in [5, 5.41) is 3.41. The summed E-state index contributed by atoms with van der Waals surface area (Å²) < 4.78 is 5.60. The Morgan fingerprint density at radius 2 is 2.04 bits per heavy atom. The van der Waals surface area contributed by atoms with E-state index in [9.17, 15) is 0 Å². The summed E-state index contributed by atoms with van der Waals surface area (Å²) in [7, 11) is 0. The molecule has 3 rings (SSSR count). The molecule has 25 heavy (non-hydrogen) atoms. The average Bonchev–Trinajstić information content (AvgIpc) is 2.97. The lowest BCUT2D eigenvalue weighted by Crippen LogP contribution is -2.52. The quantitative estimate of drug-likeness (QED) is 0.684. The van der Waals surface area contributed by atoms with E-state index in [4.69, 9.17) is 9.41 Å². The van der Waals surface area contributed by atoms with Gasteiger partial charge in [0.05, 0.1) is 6.54 Å². The van der Waals surface area contributed by atoms with Crippen LogP contribution in [0, 0.1) is 13.8 Å². The van der Waals surface area contributed by atoms with Gasteiger partial charge in [-0.15, -0.1) is 0 Å². The highest BCUT2D eigenvalue weighted by molar-refractivity contribution is 5.80. The van der Waals surface area contributed by atoms with Crippen molar-refractivity contribution in [2.75, 3.05) is 37.6 Å². The number of rotatable bonds is 4. The number of hydrogen-bond donors (Lipinski definition) is 1. The van der Waals surface area contributed by atoms with Crippen LogP contribution in [0.5, 0.6) is 0 Å². The number of guanidine groups is 1. The van der Waals surface area contributed by atoms with Gasteiger partial charge in [0.1, 0.15) is 17.3 Å². The van der Waals surface area contributed by atoms with Crippen LogP contribution in [0.4, 0.5) is 5.82 Å². The number of nitrogens with zero attached hydrogens (tertiary/aromatic N) is 4. The highest BCUT2D eigenvalue weighted by Gasteiger charge is 2.20. The van der Waals surface area contributed by atoms with E-state index in [-0.39, 0.29) is 0 Å². The second kappa shape index (κ2) is 8.05. The Hall–Kier alpha value is -2.50. The number of aliphatic imine (C=N–C) groups is 1. The standard InChI is InChI=1S/C19H27N5O/c1-4-20-19(22-14-17-13-15(2)25-16(17)3)24-11-9-23(10-12-24)18-7-5-6-8-21-18/h5-8,13H,4,9-12,14H2,1-3H3,(H,20,22). The molecule has 1 fully saturated rings. The fourth-order valence-corrected chi connectivity index (χ4v) is 3.11. The van der Waals surface area contributed by atoms with Crippen molar-refractivity contribution in [1.29, 1.82) is 0 Å². The minimum atomic E-state index is 0.645. The molecule has 1 aliphatic rings. The third kappa shape index (κ3) is 4.32. The molecule has 0 radical (unpaired) electrons. The monoisotopic (exact) mass is 341 g/mol. The molecule has 0 spiro atoms. The van der Waals surface area contributed by atoms with Crippen LogP contribution in [0.2, 0.25) is 0 Å². The lowest BCUT2D eigenvalue weighted by Gasteiger charge is -2.37. The van der Waals surface area contributed by atoms with Gasteiger partial charge < -0.3 is 19.5 Å². The number of nitrogens with one attached hydrogen (secondary N) is 1. The number of piperazine rings is 1.